The number of rotatable bonds is 5. The third kappa shape index (κ3) is 3.65. The van der Waals surface area contributed by atoms with E-state index in [1.807, 2.05) is 30.3 Å². The number of carbonyl (C=O) groups is 1. The summed E-state index contributed by atoms with van der Waals surface area (Å²) in [5.74, 6) is -0.638. The van der Waals surface area contributed by atoms with Crippen molar-refractivity contribution >= 4 is 22.9 Å². The predicted molar refractivity (Wildman–Crippen MR) is 80.3 cm³/mol. The van der Waals surface area contributed by atoms with Gasteiger partial charge < -0.3 is 5.32 Å². The molecule has 2 aromatic rings. The number of nitrogens with one attached hydrogen (secondary N) is 1. The second-order valence-electron chi connectivity index (χ2n) is 4.69. The van der Waals surface area contributed by atoms with Gasteiger partial charge in [0, 0.05) is 6.54 Å². The minimum Gasteiger partial charge on any atom is -0.322 e. The normalized spacial score (nSPS) is 12.4. The van der Waals surface area contributed by atoms with Gasteiger partial charge in [0.1, 0.15) is 5.82 Å². The fourth-order valence-corrected chi connectivity index (χ4v) is 2.47. The molecular weight excluding hydrogens is 275 g/mol. The highest BCUT2D eigenvalue weighted by atomic mass is 32.1. The van der Waals surface area contributed by atoms with Gasteiger partial charge in [-0.05, 0) is 48.5 Å². The molecule has 0 saturated carbocycles. The summed E-state index contributed by atoms with van der Waals surface area (Å²) in [6, 6.07) is 7.86. The molecule has 1 heterocycles. The van der Waals surface area contributed by atoms with Crippen molar-refractivity contribution in [3.8, 4) is 0 Å². The van der Waals surface area contributed by atoms with Gasteiger partial charge in [-0.3, -0.25) is 9.69 Å². The standard InChI is InChI=1S/C15H17FN2OS/c1-11(18(2)9-12-7-8-20-10-12)15(19)17-14-6-4-3-5-13(14)16/h3-8,10-11H,9H2,1-2H3,(H,17,19). The summed E-state index contributed by atoms with van der Waals surface area (Å²) in [5.41, 5.74) is 1.39. The molecule has 1 unspecified atom stereocenters. The minimum atomic E-state index is -0.423. The number of hydrogen-bond donors (Lipinski definition) is 1. The molecule has 1 aromatic heterocycles. The molecule has 3 nitrogen and oxygen atoms in total. The average Bonchev–Trinajstić information content (AvgIpc) is 2.93. The molecule has 20 heavy (non-hydrogen) atoms. The summed E-state index contributed by atoms with van der Waals surface area (Å²) in [6.45, 7) is 2.50. The lowest BCUT2D eigenvalue weighted by Gasteiger charge is -2.23. The van der Waals surface area contributed by atoms with E-state index >= 15 is 0 Å². The molecule has 1 aromatic carbocycles. The minimum absolute atomic E-state index is 0.215. The van der Waals surface area contributed by atoms with Crippen LogP contribution in [-0.2, 0) is 11.3 Å². The zero-order valence-electron chi connectivity index (χ0n) is 11.5. The Kier molecular flexibility index (Phi) is 4.87. The maximum Gasteiger partial charge on any atom is 0.241 e. The van der Waals surface area contributed by atoms with Crippen LogP contribution >= 0.6 is 11.3 Å². The number of amides is 1. The number of benzene rings is 1. The van der Waals surface area contributed by atoms with Gasteiger partial charge >= 0.3 is 0 Å². The Hall–Kier alpha value is -1.72. The molecule has 0 aliphatic heterocycles. The van der Waals surface area contributed by atoms with Crippen molar-refractivity contribution in [3.05, 3.63) is 52.5 Å². The zero-order valence-corrected chi connectivity index (χ0v) is 12.3. The quantitative estimate of drug-likeness (QED) is 0.916. The first-order valence-corrected chi connectivity index (χ1v) is 7.29. The first-order chi connectivity index (χ1) is 9.58. The average molecular weight is 292 g/mol. The van der Waals surface area contributed by atoms with Gasteiger partial charge in [-0.15, -0.1) is 0 Å². The molecule has 2 rings (SSSR count). The Morgan fingerprint density at radius 3 is 2.80 bits per heavy atom. The van der Waals surface area contributed by atoms with Crippen LogP contribution in [0, 0.1) is 5.82 Å². The second-order valence-corrected chi connectivity index (χ2v) is 5.47. The van der Waals surface area contributed by atoms with Crippen molar-refractivity contribution < 1.29 is 9.18 Å². The van der Waals surface area contributed by atoms with Gasteiger partial charge in [0.15, 0.2) is 0 Å². The molecule has 0 saturated heterocycles. The van der Waals surface area contributed by atoms with Gasteiger partial charge in [0.05, 0.1) is 11.7 Å². The lowest BCUT2D eigenvalue weighted by molar-refractivity contribution is -0.120. The number of thiophene rings is 1. The molecule has 0 aliphatic carbocycles. The van der Waals surface area contributed by atoms with Crippen LogP contribution < -0.4 is 5.32 Å². The first kappa shape index (κ1) is 14.7. The Bertz CT molecular complexity index is 571. The summed E-state index contributed by atoms with van der Waals surface area (Å²) >= 11 is 1.63. The van der Waals surface area contributed by atoms with Gasteiger partial charge in [-0.1, -0.05) is 12.1 Å². The molecule has 106 valence electrons. The number of likely N-dealkylation sites (N-methyl/N-ethyl adjacent to an activating group) is 1. The van der Waals surface area contributed by atoms with Crippen molar-refractivity contribution in [3.63, 3.8) is 0 Å². The molecule has 5 heteroatoms. The van der Waals surface area contributed by atoms with Gasteiger partial charge in [-0.2, -0.15) is 11.3 Å². The maximum atomic E-state index is 13.5. The van der Waals surface area contributed by atoms with Crippen LogP contribution in [0.3, 0.4) is 0 Å². The fraction of sp³-hybridized carbons (Fsp3) is 0.267. The van der Waals surface area contributed by atoms with E-state index in [0.717, 1.165) is 0 Å². The van der Waals surface area contributed by atoms with Gasteiger partial charge in [0.2, 0.25) is 5.91 Å². The van der Waals surface area contributed by atoms with Crippen molar-refractivity contribution in [2.75, 3.05) is 12.4 Å². The first-order valence-electron chi connectivity index (χ1n) is 6.34. The smallest absolute Gasteiger partial charge is 0.241 e. The molecule has 0 aliphatic rings. The SMILES string of the molecule is CC(C(=O)Nc1ccccc1F)N(C)Cc1ccsc1. The largest absolute Gasteiger partial charge is 0.322 e. The summed E-state index contributed by atoms with van der Waals surface area (Å²) < 4.78 is 13.5. The number of anilines is 1. The summed E-state index contributed by atoms with van der Waals surface area (Å²) in [5, 5.41) is 6.68. The van der Waals surface area contributed by atoms with E-state index in [9.17, 15) is 9.18 Å². The zero-order chi connectivity index (χ0) is 14.5. The molecular formula is C15H17FN2OS. The topological polar surface area (TPSA) is 32.3 Å². The van der Waals surface area contributed by atoms with Crippen LogP contribution in [0.15, 0.2) is 41.1 Å². The third-order valence-corrected chi connectivity index (χ3v) is 3.92. The predicted octanol–water partition coefficient (Wildman–Crippen LogP) is 3.35. The summed E-state index contributed by atoms with van der Waals surface area (Å²) in [7, 11) is 1.88. The second kappa shape index (κ2) is 6.63. The lowest BCUT2D eigenvalue weighted by atomic mass is 10.2. The number of halogens is 1. The number of para-hydroxylation sites is 1. The Labute approximate surface area is 122 Å². The van der Waals surface area contributed by atoms with Crippen LogP contribution in [0.4, 0.5) is 10.1 Å². The van der Waals surface area contributed by atoms with E-state index in [0.29, 0.717) is 6.54 Å². The van der Waals surface area contributed by atoms with Crippen molar-refractivity contribution in [1.82, 2.24) is 4.90 Å². The Balaban J connectivity index is 1.96. The van der Waals surface area contributed by atoms with E-state index in [1.165, 1.54) is 11.6 Å². The number of carbonyl (C=O) groups excluding carboxylic acids is 1. The van der Waals surface area contributed by atoms with Crippen LogP contribution in [0.25, 0.3) is 0 Å². The number of nitrogens with zero attached hydrogens (tertiary/aromatic N) is 1. The molecule has 1 N–H and O–H groups in total. The van der Waals surface area contributed by atoms with Gasteiger partial charge in [0.25, 0.3) is 0 Å². The number of hydrogen-bond acceptors (Lipinski definition) is 3. The molecule has 0 radical (unpaired) electrons. The summed E-state index contributed by atoms with van der Waals surface area (Å²) in [4.78, 5) is 14.0. The molecule has 1 atom stereocenters. The van der Waals surface area contributed by atoms with Crippen LogP contribution in [-0.4, -0.2) is 23.9 Å². The van der Waals surface area contributed by atoms with E-state index in [4.69, 9.17) is 0 Å². The van der Waals surface area contributed by atoms with E-state index < -0.39 is 5.82 Å². The van der Waals surface area contributed by atoms with Crippen LogP contribution in [0.2, 0.25) is 0 Å². The van der Waals surface area contributed by atoms with Gasteiger partial charge in [-0.25, -0.2) is 4.39 Å². The van der Waals surface area contributed by atoms with Crippen molar-refractivity contribution in [1.29, 1.82) is 0 Å². The maximum absolute atomic E-state index is 13.5. The monoisotopic (exact) mass is 292 g/mol. The van der Waals surface area contributed by atoms with Crippen molar-refractivity contribution in [2.45, 2.75) is 19.5 Å². The highest BCUT2D eigenvalue weighted by Gasteiger charge is 2.19. The van der Waals surface area contributed by atoms with Crippen molar-refractivity contribution in [2.24, 2.45) is 0 Å². The van der Waals surface area contributed by atoms with Crippen LogP contribution in [0.5, 0.6) is 0 Å². The van der Waals surface area contributed by atoms with E-state index in [-0.39, 0.29) is 17.6 Å². The summed E-state index contributed by atoms with van der Waals surface area (Å²) in [6.07, 6.45) is 0. The Morgan fingerprint density at radius 2 is 2.15 bits per heavy atom. The van der Waals surface area contributed by atoms with Crippen LogP contribution in [0.1, 0.15) is 12.5 Å². The van der Waals surface area contributed by atoms with E-state index in [2.05, 4.69) is 10.7 Å². The molecule has 1 amide bonds. The fourth-order valence-electron chi connectivity index (χ4n) is 1.81. The highest BCUT2D eigenvalue weighted by Crippen LogP contribution is 2.15. The molecule has 0 bridgehead atoms. The third-order valence-electron chi connectivity index (χ3n) is 3.18. The Morgan fingerprint density at radius 1 is 1.40 bits per heavy atom. The highest BCUT2D eigenvalue weighted by molar-refractivity contribution is 7.07. The van der Waals surface area contributed by atoms with E-state index in [1.54, 1.807) is 29.5 Å². The molecule has 0 spiro atoms. The lowest BCUT2D eigenvalue weighted by Crippen LogP contribution is -2.39. The molecule has 0 fully saturated rings.